The van der Waals surface area contributed by atoms with E-state index in [-0.39, 0.29) is 30.1 Å². The molecular formula is C16H26ClN3O2. The van der Waals surface area contributed by atoms with Crippen LogP contribution in [0.4, 0.5) is 0 Å². The van der Waals surface area contributed by atoms with E-state index in [4.69, 9.17) is 5.73 Å². The van der Waals surface area contributed by atoms with E-state index in [2.05, 4.69) is 0 Å². The molecule has 0 radical (unpaired) electrons. The SMILES string of the molecule is CCN(Cc1ccc(C(=O)N(C)C)cc1)C(=O)C(C)CN.Cl. The molecule has 1 rings (SSSR count). The standard InChI is InChI=1S/C16H25N3O2.ClH/c1-5-19(15(20)12(2)10-17)11-13-6-8-14(9-7-13)16(21)18(3)4;/h6-9,12H,5,10-11,17H2,1-4H3;1H. The highest BCUT2D eigenvalue weighted by molar-refractivity contribution is 5.93. The first kappa shape index (κ1) is 20.4. The Morgan fingerprint density at radius 1 is 1.18 bits per heavy atom. The zero-order valence-electron chi connectivity index (χ0n) is 13.7. The average Bonchev–Trinajstić information content (AvgIpc) is 2.50. The lowest BCUT2D eigenvalue weighted by Gasteiger charge is -2.24. The first-order valence-corrected chi connectivity index (χ1v) is 7.20. The number of rotatable bonds is 6. The minimum atomic E-state index is -0.167. The van der Waals surface area contributed by atoms with Gasteiger partial charge in [0.1, 0.15) is 0 Å². The minimum absolute atomic E-state index is 0. The van der Waals surface area contributed by atoms with Crippen LogP contribution in [0.15, 0.2) is 24.3 Å². The number of benzene rings is 1. The third-order valence-corrected chi connectivity index (χ3v) is 3.45. The van der Waals surface area contributed by atoms with Crippen molar-refractivity contribution in [3.05, 3.63) is 35.4 Å². The van der Waals surface area contributed by atoms with Crippen LogP contribution >= 0.6 is 12.4 Å². The number of carbonyl (C=O) groups is 2. The van der Waals surface area contributed by atoms with Crippen LogP contribution in [0, 0.1) is 5.92 Å². The molecule has 6 heteroatoms. The van der Waals surface area contributed by atoms with Gasteiger partial charge in [0.25, 0.3) is 5.91 Å². The van der Waals surface area contributed by atoms with Gasteiger partial charge in [-0.25, -0.2) is 0 Å². The van der Waals surface area contributed by atoms with Gasteiger partial charge in [-0.05, 0) is 24.6 Å². The molecular weight excluding hydrogens is 302 g/mol. The van der Waals surface area contributed by atoms with Gasteiger partial charge in [-0.15, -0.1) is 12.4 Å². The van der Waals surface area contributed by atoms with Gasteiger partial charge < -0.3 is 15.5 Å². The van der Waals surface area contributed by atoms with Crippen molar-refractivity contribution in [2.45, 2.75) is 20.4 Å². The molecule has 0 bridgehead atoms. The molecule has 0 aliphatic rings. The van der Waals surface area contributed by atoms with Crippen LogP contribution < -0.4 is 5.73 Å². The zero-order chi connectivity index (χ0) is 16.0. The number of nitrogens with two attached hydrogens (primary N) is 1. The van der Waals surface area contributed by atoms with Crippen LogP contribution in [0.5, 0.6) is 0 Å². The first-order chi connectivity index (χ1) is 9.90. The highest BCUT2D eigenvalue weighted by Crippen LogP contribution is 2.11. The van der Waals surface area contributed by atoms with E-state index in [0.717, 1.165) is 5.56 Å². The quantitative estimate of drug-likeness (QED) is 0.865. The molecule has 1 unspecified atom stereocenters. The number of nitrogens with zero attached hydrogens (tertiary/aromatic N) is 2. The maximum Gasteiger partial charge on any atom is 0.253 e. The van der Waals surface area contributed by atoms with Crippen LogP contribution in [-0.4, -0.2) is 48.8 Å². The van der Waals surface area contributed by atoms with Crippen molar-refractivity contribution in [1.29, 1.82) is 0 Å². The highest BCUT2D eigenvalue weighted by atomic mass is 35.5. The van der Waals surface area contributed by atoms with Crippen molar-refractivity contribution >= 4 is 24.2 Å². The topological polar surface area (TPSA) is 66.6 Å². The van der Waals surface area contributed by atoms with Crippen LogP contribution in [0.3, 0.4) is 0 Å². The van der Waals surface area contributed by atoms with Gasteiger partial charge >= 0.3 is 0 Å². The van der Waals surface area contributed by atoms with E-state index < -0.39 is 0 Å². The Morgan fingerprint density at radius 3 is 2.14 bits per heavy atom. The Balaban J connectivity index is 0.00000441. The monoisotopic (exact) mass is 327 g/mol. The van der Waals surface area contributed by atoms with Crippen molar-refractivity contribution < 1.29 is 9.59 Å². The summed E-state index contributed by atoms with van der Waals surface area (Å²) in [5, 5.41) is 0. The molecule has 2 amide bonds. The second-order valence-electron chi connectivity index (χ2n) is 5.39. The van der Waals surface area contributed by atoms with E-state index in [9.17, 15) is 9.59 Å². The van der Waals surface area contributed by atoms with Crippen molar-refractivity contribution in [3.63, 3.8) is 0 Å². The summed E-state index contributed by atoms with van der Waals surface area (Å²) in [5.74, 6) is -0.130. The summed E-state index contributed by atoms with van der Waals surface area (Å²) >= 11 is 0. The molecule has 0 heterocycles. The van der Waals surface area contributed by atoms with Crippen LogP contribution in [-0.2, 0) is 11.3 Å². The first-order valence-electron chi connectivity index (χ1n) is 7.20. The number of hydrogen-bond donors (Lipinski definition) is 1. The van der Waals surface area contributed by atoms with E-state index in [0.29, 0.717) is 25.2 Å². The molecule has 22 heavy (non-hydrogen) atoms. The predicted molar refractivity (Wildman–Crippen MR) is 91.0 cm³/mol. The van der Waals surface area contributed by atoms with E-state index in [1.165, 1.54) is 0 Å². The molecule has 2 N–H and O–H groups in total. The molecule has 0 aliphatic heterocycles. The maximum atomic E-state index is 12.2. The second kappa shape index (κ2) is 9.43. The fourth-order valence-corrected chi connectivity index (χ4v) is 1.99. The number of carbonyl (C=O) groups excluding carboxylic acids is 2. The van der Waals surface area contributed by atoms with Gasteiger partial charge in [-0.3, -0.25) is 9.59 Å². The lowest BCUT2D eigenvalue weighted by Crippen LogP contribution is -2.37. The highest BCUT2D eigenvalue weighted by Gasteiger charge is 2.18. The normalized spacial score (nSPS) is 11.3. The maximum absolute atomic E-state index is 12.2. The van der Waals surface area contributed by atoms with E-state index in [1.807, 2.05) is 26.0 Å². The van der Waals surface area contributed by atoms with Crippen molar-refractivity contribution in [2.75, 3.05) is 27.2 Å². The fourth-order valence-electron chi connectivity index (χ4n) is 1.99. The van der Waals surface area contributed by atoms with Gasteiger partial charge in [0.15, 0.2) is 0 Å². The van der Waals surface area contributed by atoms with E-state index >= 15 is 0 Å². The Hall–Kier alpha value is -1.59. The summed E-state index contributed by atoms with van der Waals surface area (Å²) in [4.78, 5) is 27.3. The Kier molecular flexibility index (Phi) is 8.75. The minimum Gasteiger partial charge on any atom is -0.345 e. The van der Waals surface area contributed by atoms with Crippen molar-refractivity contribution in [3.8, 4) is 0 Å². The lowest BCUT2D eigenvalue weighted by atomic mass is 10.1. The van der Waals surface area contributed by atoms with Crippen LogP contribution in [0.1, 0.15) is 29.8 Å². The predicted octanol–water partition coefficient (Wildman–Crippen LogP) is 1.75. The fraction of sp³-hybridized carbons (Fsp3) is 0.500. The summed E-state index contributed by atoms with van der Waals surface area (Å²) in [6.45, 7) is 5.32. The summed E-state index contributed by atoms with van der Waals surface area (Å²) < 4.78 is 0. The molecule has 0 saturated carbocycles. The molecule has 1 aromatic rings. The molecule has 0 spiro atoms. The van der Waals surface area contributed by atoms with Crippen LogP contribution in [0.25, 0.3) is 0 Å². The molecule has 1 aromatic carbocycles. The molecule has 124 valence electrons. The van der Waals surface area contributed by atoms with E-state index in [1.54, 1.807) is 36.0 Å². The zero-order valence-corrected chi connectivity index (χ0v) is 14.5. The van der Waals surface area contributed by atoms with Crippen molar-refractivity contribution in [1.82, 2.24) is 9.80 Å². The summed E-state index contributed by atoms with van der Waals surface area (Å²) in [7, 11) is 3.45. The largest absolute Gasteiger partial charge is 0.345 e. The van der Waals surface area contributed by atoms with Gasteiger partial charge in [0, 0.05) is 45.2 Å². The third-order valence-electron chi connectivity index (χ3n) is 3.45. The number of amides is 2. The molecule has 1 atom stereocenters. The second-order valence-corrected chi connectivity index (χ2v) is 5.39. The van der Waals surface area contributed by atoms with Gasteiger partial charge in [-0.1, -0.05) is 19.1 Å². The van der Waals surface area contributed by atoms with Gasteiger partial charge in [0.2, 0.25) is 5.91 Å². The lowest BCUT2D eigenvalue weighted by molar-refractivity contribution is -0.135. The van der Waals surface area contributed by atoms with Crippen molar-refractivity contribution in [2.24, 2.45) is 11.7 Å². The summed E-state index contributed by atoms with van der Waals surface area (Å²) in [5.41, 5.74) is 7.20. The van der Waals surface area contributed by atoms with Gasteiger partial charge in [0.05, 0.1) is 0 Å². The Morgan fingerprint density at radius 2 is 1.73 bits per heavy atom. The number of hydrogen-bond acceptors (Lipinski definition) is 3. The summed E-state index contributed by atoms with van der Waals surface area (Å²) in [6.07, 6.45) is 0. The third kappa shape index (κ3) is 5.31. The summed E-state index contributed by atoms with van der Waals surface area (Å²) in [6, 6.07) is 7.37. The Bertz CT molecular complexity index is 489. The smallest absolute Gasteiger partial charge is 0.253 e. The molecule has 0 saturated heterocycles. The molecule has 5 nitrogen and oxygen atoms in total. The number of halogens is 1. The Labute approximate surface area is 138 Å². The van der Waals surface area contributed by atoms with Crippen LogP contribution in [0.2, 0.25) is 0 Å². The van der Waals surface area contributed by atoms with Gasteiger partial charge in [-0.2, -0.15) is 0 Å². The molecule has 0 fully saturated rings. The molecule has 0 aliphatic carbocycles. The average molecular weight is 328 g/mol. The molecule has 0 aromatic heterocycles.